The molecule has 3 aliphatic carbocycles. The number of hydrogen-bond acceptors (Lipinski definition) is 3. The minimum atomic E-state index is -1.11. The smallest absolute Gasteiger partial charge is 0.320 e. The summed E-state index contributed by atoms with van der Waals surface area (Å²) in [6.07, 6.45) is 6.50. The van der Waals surface area contributed by atoms with Gasteiger partial charge in [0, 0.05) is 5.92 Å². The summed E-state index contributed by atoms with van der Waals surface area (Å²) in [6.45, 7) is 5.33. The van der Waals surface area contributed by atoms with Gasteiger partial charge < -0.3 is 9.84 Å². The van der Waals surface area contributed by atoms with Crippen molar-refractivity contribution in [3.8, 4) is 0 Å². The zero-order valence-corrected chi connectivity index (χ0v) is 13.2. The maximum Gasteiger partial charge on any atom is 0.320 e. The Balaban J connectivity index is 1.69. The molecule has 3 aliphatic rings. The molecule has 1 N–H and O–H groups in total. The Morgan fingerprint density at radius 3 is 2.48 bits per heavy atom. The molecule has 118 valence electrons. The molecule has 3 rings (SSSR count). The van der Waals surface area contributed by atoms with Crippen LogP contribution in [0.2, 0.25) is 0 Å². The zero-order valence-electron chi connectivity index (χ0n) is 13.2. The molecule has 0 aromatic rings. The van der Waals surface area contributed by atoms with Gasteiger partial charge in [0.2, 0.25) is 0 Å². The molecule has 0 aliphatic heterocycles. The van der Waals surface area contributed by atoms with Gasteiger partial charge in [-0.3, -0.25) is 9.59 Å². The van der Waals surface area contributed by atoms with Crippen LogP contribution in [0.4, 0.5) is 0 Å². The quantitative estimate of drug-likeness (QED) is 0.639. The highest BCUT2D eigenvalue weighted by Crippen LogP contribution is 2.63. The second-order valence-electron chi connectivity index (χ2n) is 7.84. The Kier molecular flexibility index (Phi) is 3.53. The molecule has 0 radical (unpaired) electrons. The molecule has 0 saturated heterocycles. The largest absolute Gasteiger partial charge is 0.481 e. The van der Waals surface area contributed by atoms with E-state index in [2.05, 4.69) is 0 Å². The molecule has 3 saturated carbocycles. The fourth-order valence-corrected chi connectivity index (χ4v) is 5.39. The number of ether oxygens (including phenoxy) is 1. The van der Waals surface area contributed by atoms with Gasteiger partial charge in [0.05, 0.1) is 0 Å². The lowest BCUT2D eigenvalue weighted by atomic mass is 9.70. The Hall–Kier alpha value is -1.06. The number of esters is 1. The van der Waals surface area contributed by atoms with Crippen LogP contribution in [0.5, 0.6) is 0 Å². The highest BCUT2D eigenvalue weighted by atomic mass is 16.6. The van der Waals surface area contributed by atoms with Crippen LogP contribution in [0.3, 0.4) is 0 Å². The molecule has 0 spiro atoms. The summed E-state index contributed by atoms with van der Waals surface area (Å²) in [4.78, 5) is 22.9. The van der Waals surface area contributed by atoms with Crippen LogP contribution in [0.1, 0.15) is 52.9 Å². The first kappa shape index (κ1) is 14.9. The van der Waals surface area contributed by atoms with Gasteiger partial charge in [-0.15, -0.1) is 0 Å². The monoisotopic (exact) mass is 294 g/mol. The number of carbonyl (C=O) groups is 2. The van der Waals surface area contributed by atoms with Crippen molar-refractivity contribution >= 4 is 11.9 Å². The van der Waals surface area contributed by atoms with Crippen molar-refractivity contribution in [3.05, 3.63) is 0 Å². The fraction of sp³-hybridized carbons (Fsp3) is 0.882. The SMILES string of the molecule is CC(C(=O)O)C(=O)OC(C)(C)C1CC2CC1C1CCCC21. The lowest BCUT2D eigenvalue weighted by Crippen LogP contribution is -2.44. The average molecular weight is 294 g/mol. The van der Waals surface area contributed by atoms with E-state index in [9.17, 15) is 9.59 Å². The molecular weight excluding hydrogens is 268 g/mol. The highest BCUT2D eigenvalue weighted by Gasteiger charge is 2.58. The molecule has 0 aromatic heterocycles. The molecule has 4 nitrogen and oxygen atoms in total. The van der Waals surface area contributed by atoms with Crippen molar-refractivity contribution in [2.75, 3.05) is 0 Å². The maximum atomic E-state index is 12.0. The third-order valence-electron chi connectivity index (χ3n) is 6.41. The zero-order chi connectivity index (χ0) is 15.4. The maximum absolute atomic E-state index is 12.0. The van der Waals surface area contributed by atoms with Gasteiger partial charge in [0.1, 0.15) is 5.60 Å². The van der Waals surface area contributed by atoms with E-state index in [-0.39, 0.29) is 0 Å². The Labute approximate surface area is 126 Å². The van der Waals surface area contributed by atoms with Crippen molar-refractivity contribution in [2.45, 2.75) is 58.5 Å². The van der Waals surface area contributed by atoms with Crippen molar-refractivity contribution < 1.29 is 19.4 Å². The number of carboxylic acids is 1. The summed E-state index contributed by atoms with van der Waals surface area (Å²) in [5.74, 6) is 0.818. The van der Waals surface area contributed by atoms with Crippen LogP contribution in [0, 0.1) is 35.5 Å². The van der Waals surface area contributed by atoms with Gasteiger partial charge in [-0.1, -0.05) is 6.42 Å². The molecule has 6 unspecified atom stereocenters. The third-order valence-corrected chi connectivity index (χ3v) is 6.41. The van der Waals surface area contributed by atoms with Gasteiger partial charge >= 0.3 is 11.9 Å². The predicted molar refractivity (Wildman–Crippen MR) is 77.5 cm³/mol. The molecule has 0 heterocycles. The molecule has 21 heavy (non-hydrogen) atoms. The summed E-state index contributed by atoms with van der Waals surface area (Å²) < 4.78 is 5.63. The normalized spacial score (nSPS) is 39.1. The molecule has 4 heteroatoms. The molecule has 6 atom stereocenters. The van der Waals surface area contributed by atoms with E-state index in [1.54, 1.807) is 0 Å². The Morgan fingerprint density at radius 1 is 1.14 bits per heavy atom. The first-order valence-electron chi connectivity index (χ1n) is 8.27. The average Bonchev–Trinajstić information content (AvgIpc) is 3.08. The lowest BCUT2D eigenvalue weighted by Gasteiger charge is -2.41. The molecule has 0 aromatic carbocycles. The van der Waals surface area contributed by atoms with E-state index in [4.69, 9.17) is 9.84 Å². The molecular formula is C17H26O4. The Morgan fingerprint density at radius 2 is 1.81 bits per heavy atom. The molecule has 3 fully saturated rings. The van der Waals surface area contributed by atoms with Crippen LogP contribution in [0.25, 0.3) is 0 Å². The first-order valence-corrected chi connectivity index (χ1v) is 8.27. The second kappa shape index (κ2) is 4.99. The van der Waals surface area contributed by atoms with E-state index in [0.29, 0.717) is 11.8 Å². The number of fused-ring (bicyclic) bond motifs is 5. The topological polar surface area (TPSA) is 63.6 Å². The van der Waals surface area contributed by atoms with Crippen molar-refractivity contribution in [1.29, 1.82) is 0 Å². The van der Waals surface area contributed by atoms with Crippen LogP contribution < -0.4 is 0 Å². The van der Waals surface area contributed by atoms with Crippen molar-refractivity contribution in [1.82, 2.24) is 0 Å². The highest BCUT2D eigenvalue weighted by molar-refractivity contribution is 5.93. The van der Waals surface area contributed by atoms with Crippen LogP contribution >= 0.6 is 0 Å². The standard InChI is InChI=1S/C17H26O4/c1-9(15(18)19)16(20)21-17(2,3)14-8-10-7-13(14)12-6-4-5-11(10)12/h9-14H,4-8H2,1-3H3,(H,18,19). The van der Waals surface area contributed by atoms with Crippen LogP contribution in [-0.4, -0.2) is 22.6 Å². The van der Waals surface area contributed by atoms with Crippen LogP contribution in [0.15, 0.2) is 0 Å². The van der Waals surface area contributed by atoms with Gasteiger partial charge in [0.15, 0.2) is 5.92 Å². The predicted octanol–water partition coefficient (Wildman–Crippen LogP) is 3.10. The van der Waals surface area contributed by atoms with Gasteiger partial charge in [-0.25, -0.2) is 0 Å². The lowest BCUT2D eigenvalue weighted by molar-refractivity contribution is -0.174. The summed E-state index contributed by atoms with van der Waals surface area (Å²) in [7, 11) is 0. The first-order chi connectivity index (χ1) is 9.81. The van der Waals surface area contributed by atoms with E-state index in [0.717, 1.165) is 24.2 Å². The van der Waals surface area contributed by atoms with E-state index < -0.39 is 23.5 Å². The summed E-state index contributed by atoms with van der Waals surface area (Å²) in [5.41, 5.74) is -0.548. The van der Waals surface area contributed by atoms with Crippen molar-refractivity contribution in [3.63, 3.8) is 0 Å². The Bertz CT molecular complexity index is 456. The number of rotatable bonds is 4. The number of aliphatic carboxylic acids is 1. The third kappa shape index (κ3) is 2.36. The fourth-order valence-electron chi connectivity index (χ4n) is 5.39. The summed E-state index contributed by atoms with van der Waals surface area (Å²) >= 11 is 0. The summed E-state index contributed by atoms with van der Waals surface area (Å²) in [6, 6.07) is 0. The molecule has 0 amide bonds. The van der Waals surface area contributed by atoms with Crippen LogP contribution in [-0.2, 0) is 14.3 Å². The van der Waals surface area contributed by atoms with Gasteiger partial charge in [0.25, 0.3) is 0 Å². The number of carbonyl (C=O) groups excluding carboxylic acids is 1. The van der Waals surface area contributed by atoms with E-state index in [1.807, 2.05) is 13.8 Å². The summed E-state index contributed by atoms with van der Waals surface area (Å²) in [5, 5.41) is 8.94. The number of carboxylic acid groups (broad SMARTS) is 1. The minimum Gasteiger partial charge on any atom is -0.481 e. The van der Waals surface area contributed by atoms with Gasteiger partial charge in [-0.05, 0) is 70.1 Å². The van der Waals surface area contributed by atoms with E-state index in [1.165, 1.54) is 32.6 Å². The second-order valence-corrected chi connectivity index (χ2v) is 7.84. The van der Waals surface area contributed by atoms with Gasteiger partial charge in [-0.2, -0.15) is 0 Å². The molecule has 2 bridgehead atoms. The van der Waals surface area contributed by atoms with Crippen molar-refractivity contribution in [2.24, 2.45) is 35.5 Å². The number of hydrogen-bond donors (Lipinski definition) is 1. The minimum absolute atomic E-state index is 0.395. The van der Waals surface area contributed by atoms with E-state index >= 15 is 0 Å².